The third-order valence-corrected chi connectivity index (χ3v) is 7.69. The van der Waals surface area contributed by atoms with E-state index in [0.29, 0.717) is 50.2 Å². The van der Waals surface area contributed by atoms with Gasteiger partial charge in [-0.2, -0.15) is 5.10 Å². The van der Waals surface area contributed by atoms with Crippen molar-refractivity contribution < 1.29 is 33.6 Å². The molecule has 238 valence electrons. The Morgan fingerprint density at radius 2 is 1.93 bits per heavy atom. The molecule has 1 heterocycles. The molecule has 0 bridgehead atoms. The van der Waals surface area contributed by atoms with Crippen LogP contribution in [-0.2, 0) is 16.1 Å². The highest BCUT2D eigenvalue weighted by atomic mass is 79.9. The predicted octanol–water partition coefficient (Wildman–Crippen LogP) is 5.96. The lowest BCUT2D eigenvalue weighted by atomic mass is 9.95. The van der Waals surface area contributed by atoms with Gasteiger partial charge in [0.1, 0.15) is 19.0 Å². The lowest BCUT2D eigenvalue weighted by molar-refractivity contribution is -0.136. The van der Waals surface area contributed by atoms with Crippen molar-refractivity contribution in [3.8, 4) is 17.2 Å². The minimum absolute atomic E-state index is 0.173. The van der Waals surface area contributed by atoms with Crippen molar-refractivity contribution in [2.24, 2.45) is 5.10 Å². The fourth-order valence-corrected chi connectivity index (χ4v) is 6.01. The van der Waals surface area contributed by atoms with Gasteiger partial charge in [0.15, 0.2) is 17.7 Å². The van der Waals surface area contributed by atoms with E-state index < -0.39 is 24.3 Å². The zero-order chi connectivity index (χ0) is 32.5. The van der Waals surface area contributed by atoms with Gasteiger partial charge >= 0.3 is 12.0 Å². The third kappa shape index (κ3) is 9.13. The summed E-state index contributed by atoms with van der Waals surface area (Å²) in [6.07, 6.45) is 0.343. The first-order valence-electron chi connectivity index (χ1n) is 13.7. The minimum Gasteiger partial charge on any atom is -0.490 e. The van der Waals surface area contributed by atoms with E-state index in [1.54, 1.807) is 31.2 Å². The fourth-order valence-electron chi connectivity index (χ4n) is 4.43. The number of hydrogen-bond donors (Lipinski definition) is 4. The van der Waals surface area contributed by atoms with Crippen LogP contribution in [0.3, 0.4) is 0 Å². The molecule has 0 spiro atoms. The molecule has 0 saturated heterocycles. The van der Waals surface area contributed by atoms with Crippen molar-refractivity contribution in [2.75, 3.05) is 20.3 Å². The molecule has 1 aliphatic rings. The number of nitrogens with zero attached hydrogens (tertiary/aromatic N) is 1. The van der Waals surface area contributed by atoms with Crippen molar-refractivity contribution in [3.63, 3.8) is 0 Å². The van der Waals surface area contributed by atoms with Gasteiger partial charge < -0.3 is 34.7 Å². The average molecular weight is 767 g/mol. The highest BCUT2D eigenvalue weighted by Gasteiger charge is 2.32. The SMILES string of the molecule is CCOc1cc([C@H]2NC(=O)NC(C)=C2C(=O)OC)ccc1OC[C@@H](O)N/N=C/c1cc(Br)cc(Br)c1OCc1cccc(Cl)c1. The monoisotopic (exact) mass is 764 g/mol. The zero-order valence-electron chi connectivity index (χ0n) is 24.5. The number of carbonyl (C=O) groups is 2. The maximum atomic E-state index is 12.5. The quantitative estimate of drug-likeness (QED) is 0.0724. The minimum atomic E-state index is -1.18. The second-order valence-corrected chi connectivity index (χ2v) is 11.8. The van der Waals surface area contributed by atoms with E-state index in [4.69, 9.17) is 30.5 Å². The second-order valence-electron chi connectivity index (χ2n) is 9.64. The van der Waals surface area contributed by atoms with Crippen molar-refractivity contribution in [3.05, 3.63) is 96.5 Å². The largest absolute Gasteiger partial charge is 0.490 e. The van der Waals surface area contributed by atoms with Crippen molar-refractivity contribution in [2.45, 2.75) is 32.7 Å². The molecule has 45 heavy (non-hydrogen) atoms. The first kappa shape index (κ1) is 34.1. The molecule has 2 amide bonds. The number of rotatable bonds is 13. The van der Waals surface area contributed by atoms with Crippen LogP contribution in [0.1, 0.15) is 36.6 Å². The number of carbonyl (C=O) groups excluding carboxylic acids is 2. The summed E-state index contributed by atoms with van der Waals surface area (Å²) in [6.45, 7) is 3.88. The molecule has 14 heteroatoms. The number of aliphatic hydroxyl groups excluding tert-OH is 1. The number of amides is 2. The van der Waals surface area contributed by atoms with Gasteiger partial charge in [-0.25, -0.2) is 9.59 Å². The molecule has 0 fully saturated rings. The van der Waals surface area contributed by atoms with E-state index >= 15 is 0 Å². The van der Waals surface area contributed by atoms with Crippen LogP contribution in [0.4, 0.5) is 4.79 Å². The Balaban J connectivity index is 1.43. The zero-order valence-corrected chi connectivity index (χ0v) is 28.5. The number of methoxy groups -OCH3 is 1. The Kier molecular flexibility index (Phi) is 12.1. The van der Waals surface area contributed by atoms with Crippen LogP contribution in [0.25, 0.3) is 0 Å². The Bertz CT molecular complexity index is 1620. The number of aliphatic hydroxyl groups is 1. The fraction of sp³-hybridized carbons (Fsp3) is 0.258. The van der Waals surface area contributed by atoms with Gasteiger partial charge in [-0.15, -0.1) is 0 Å². The first-order valence-corrected chi connectivity index (χ1v) is 15.6. The summed E-state index contributed by atoms with van der Waals surface area (Å²) in [5.41, 5.74) is 5.43. The molecule has 0 unspecified atom stereocenters. The number of hydrazone groups is 1. The van der Waals surface area contributed by atoms with Gasteiger partial charge in [0.05, 0.1) is 36.0 Å². The molecule has 3 aromatic carbocycles. The number of hydrogen-bond acceptors (Lipinski definition) is 9. The van der Waals surface area contributed by atoms with Gasteiger partial charge in [0, 0.05) is 20.8 Å². The maximum Gasteiger partial charge on any atom is 0.337 e. The van der Waals surface area contributed by atoms with Crippen LogP contribution in [0.5, 0.6) is 17.2 Å². The van der Waals surface area contributed by atoms with Gasteiger partial charge in [-0.05, 0) is 77.3 Å². The molecular formula is C31H31Br2ClN4O7. The second kappa shape index (κ2) is 16.0. The lowest BCUT2D eigenvalue weighted by Gasteiger charge is -2.28. The van der Waals surface area contributed by atoms with E-state index in [9.17, 15) is 14.7 Å². The molecule has 1 aliphatic heterocycles. The van der Waals surface area contributed by atoms with Crippen LogP contribution in [-0.4, -0.2) is 49.9 Å². The molecule has 4 rings (SSSR count). The van der Waals surface area contributed by atoms with E-state index in [1.807, 2.05) is 37.3 Å². The van der Waals surface area contributed by atoms with Crippen molar-refractivity contribution in [1.29, 1.82) is 0 Å². The van der Waals surface area contributed by atoms with E-state index in [-0.39, 0.29) is 18.8 Å². The molecule has 0 aromatic heterocycles. The standard InChI is InChI=1S/C31H31Br2ClN4O7/c1-4-43-25-12-19(28-27(30(40)42-3)17(2)36-31(41)37-28)8-9-24(25)44-16-26(39)38-35-14-20-11-21(32)13-23(33)29(20)45-15-18-6-5-7-22(34)10-18/h5-14,26,28,38-39H,4,15-16H2,1-3H3,(H2,36,37,41)/b35-14+/t26-,28-/m1/s1. The van der Waals surface area contributed by atoms with E-state index in [0.717, 1.165) is 10.0 Å². The Morgan fingerprint density at radius 1 is 1.13 bits per heavy atom. The van der Waals surface area contributed by atoms with Crippen LogP contribution >= 0.6 is 43.5 Å². The van der Waals surface area contributed by atoms with Crippen LogP contribution in [0.15, 0.2) is 79.9 Å². The number of halogens is 3. The maximum absolute atomic E-state index is 12.5. The van der Waals surface area contributed by atoms with Crippen molar-refractivity contribution >= 4 is 61.7 Å². The smallest absolute Gasteiger partial charge is 0.337 e. The molecule has 0 saturated carbocycles. The number of benzene rings is 3. The summed E-state index contributed by atoms with van der Waals surface area (Å²) in [7, 11) is 1.27. The van der Waals surface area contributed by atoms with Crippen LogP contribution in [0, 0.1) is 0 Å². The number of nitrogens with one attached hydrogen (secondary N) is 3. The summed E-state index contributed by atoms with van der Waals surface area (Å²) in [5, 5.41) is 20.7. The van der Waals surface area contributed by atoms with Crippen molar-refractivity contribution in [1.82, 2.24) is 16.1 Å². The van der Waals surface area contributed by atoms with Crippen LogP contribution in [0.2, 0.25) is 5.02 Å². The summed E-state index contributed by atoms with van der Waals surface area (Å²) in [5.74, 6) is 0.689. The van der Waals surface area contributed by atoms with Gasteiger partial charge in [-0.1, -0.05) is 45.7 Å². The van der Waals surface area contributed by atoms with Crippen LogP contribution < -0.4 is 30.3 Å². The molecule has 2 atom stereocenters. The Morgan fingerprint density at radius 3 is 2.67 bits per heavy atom. The van der Waals surface area contributed by atoms with E-state index in [2.05, 4.69) is 53.0 Å². The Hall–Kier alpha value is -3.78. The molecule has 4 N–H and O–H groups in total. The van der Waals surface area contributed by atoms with Gasteiger partial charge in [-0.3, -0.25) is 5.43 Å². The lowest BCUT2D eigenvalue weighted by Crippen LogP contribution is -2.45. The number of allylic oxidation sites excluding steroid dienone is 1. The molecule has 3 aromatic rings. The summed E-state index contributed by atoms with van der Waals surface area (Å²) in [6, 6.07) is 14.9. The molecule has 0 radical (unpaired) electrons. The third-order valence-electron chi connectivity index (χ3n) is 6.41. The highest BCUT2D eigenvalue weighted by molar-refractivity contribution is 9.11. The molecule has 11 nitrogen and oxygen atoms in total. The summed E-state index contributed by atoms with van der Waals surface area (Å²) in [4.78, 5) is 24.6. The number of ether oxygens (including phenoxy) is 4. The highest BCUT2D eigenvalue weighted by Crippen LogP contribution is 2.35. The molecule has 0 aliphatic carbocycles. The number of esters is 1. The molecular weight excluding hydrogens is 736 g/mol. The Labute approximate surface area is 282 Å². The number of urea groups is 1. The average Bonchev–Trinajstić information content (AvgIpc) is 2.99. The topological polar surface area (TPSA) is 140 Å². The van der Waals surface area contributed by atoms with Gasteiger partial charge in [0.2, 0.25) is 0 Å². The van der Waals surface area contributed by atoms with Gasteiger partial charge in [0.25, 0.3) is 0 Å². The normalized spacial score (nSPS) is 15.3. The van der Waals surface area contributed by atoms with E-state index in [1.165, 1.54) is 13.3 Å². The summed E-state index contributed by atoms with van der Waals surface area (Å²) < 4.78 is 24.1. The summed E-state index contributed by atoms with van der Waals surface area (Å²) >= 11 is 13.1. The predicted molar refractivity (Wildman–Crippen MR) is 177 cm³/mol. The first-order chi connectivity index (χ1) is 21.6.